The molecule has 2 aliphatic carbocycles. The predicted octanol–water partition coefficient (Wildman–Crippen LogP) is 4.75. The molecule has 2 amide bonds. The number of rotatable bonds is 3. The van der Waals surface area contributed by atoms with Gasteiger partial charge in [0.05, 0.1) is 28.1 Å². The van der Waals surface area contributed by atoms with Gasteiger partial charge in [-0.15, -0.1) is 0 Å². The minimum atomic E-state index is -0.612. The molecule has 148 valence electrons. The summed E-state index contributed by atoms with van der Waals surface area (Å²) in [6.45, 7) is 0. The number of amides is 2. The number of hydrogen-bond acceptors (Lipinski definition) is 4. The van der Waals surface area contributed by atoms with Crippen molar-refractivity contribution in [3.8, 4) is 5.75 Å². The Kier molecular flexibility index (Phi) is 4.41. The number of carbonyl (C=O) groups is 3. The summed E-state index contributed by atoms with van der Waals surface area (Å²) in [4.78, 5) is 39.4. The first-order chi connectivity index (χ1) is 13.9. The largest absolute Gasteiger partial charge is 0.423 e. The van der Waals surface area contributed by atoms with E-state index in [4.69, 9.17) is 27.9 Å². The van der Waals surface area contributed by atoms with E-state index in [9.17, 15) is 14.4 Å². The summed E-state index contributed by atoms with van der Waals surface area (Å²) in [7, 11) is 0. The van der Waals surface area contributed by atoms with Gasteiger partial charge in [-0.3, -0.25) is 14.5 Å². The molecule has 1 heterocycles. The van der Waals surface area contributed by atoms with E-state index in [1.807, 2.05) is 0 Å². The highest BCUT2D eigenvalue weighted by Crippen LogP contribution is 2.56. The van der Waals surface area contributed by atoms with Gasteiger partial charge in [-0.2, -0.15) is 0 Å². The average molecular weight is 430 g/mol. The van der Waals surface area contributed by atoms with E-state index in [1.165, 1.54) is 17.0 Å². The predicted molar refractivity (Wildman–Crippen MR) is 108 cm³/mol. The van der Waals surface area contributed by atoms with Gasteiger partial charge in [0, 0.05) is 5.02 Å². The number of nitrogens with zero attached hydrogens (tertiary/aromatic N) is 1. The van der Waals surface area contributed by atoms with Crippen LogP contribution in [0.5, 0.6) is 5.75 Å². The lowest BCUT2D eigenvalue weighted by molar-refractivity contribution is -0.123. The molecule has 1 saturated heterocycles. The third kappa shape index (κ3) is 2.95. The highest BCUT2D eigenvalue weighted by Gasteiger charge is 2.61. The fourth-order valence-corrected chi connectivity index (χ4v) is 5.63. The molecule has 7 heteroatoms. The first kappa shape index (κ1) is 18.6. The number of benzene rings is 2. The fourth-order valence-electron chi connectivity index (χ4n) is 5.14. The lowest BCUT2D eigenvalue weighted by atomic mass is 9.81. The lowest BCUT2D eigenvalue weighted by Gasteiger charge is -2.19. The molecule has 0 spiro atoms. The van der Waals surface area contributed by atoms with Crippen LogP contribution in [0.1, 0.15) is 29.6 Å². The second-order valence-corrected chi connectivity index (χ2v) is 8.75. The molecule has 2 bridgehead atoms. The maximum absolute atomic E-state index is 12.9. The molecule has 3 aliphatic rings. The molecule has 0 radical (unpaired) electrons. The van der Waals surface area contributed by atoms with E-state index in [1.54, 1.807) is 30.3 Å². The van der Waals surface area contributed by atoms with Crippen molar-refractivity contribution in [2.24, 2.45) is 23.7 Å². The molecular weight excluding hydrogens is 413 g/mol. The number of hydrogen-bond donors (Lipinski definition) is 0. The Hall–Kier alpha value is -2.37. The van der Waals surface area contributed by atoms with Crippen molar-refractivity contribution in [3.63, 3.8) is 0 Å². The van der Waals surface area contributed by atoms with Gasteiger partial charge in [0.2, 0.25) is 11.8 Å². The fraction of sp³-hybridized carbons (Fsp3) is 0.318. The molecule has 5 nitrogen and oxygen atoms in total. The highest BCUT2D eigenvalue weighted by atomic mass is 35.5. The molecule has 2 aromatic carbocycles. The summed E-state index contributed by atoms with van der Waals surface area (Å²) in [6.07, 6.45) is 3.09. The van der Waals surface area contributed by atoms with Crippen LogP contribution in [0.4, 0.5) is 5.69 Å². The maximum Gasteiger partial charge on any atom is 0.345 e. The van der Waals surface area contributed by atoms with Gasteiger partial charge in [-0.05, 0) is 73.6 Å². The van der Waals surface area contributed by atoms with Crippen LogP contribution in [0.2, 0.25) is 10.0 Å². The lowest BCUT2D eigenvalue weighted by Crippen LogP contribution is -2.32. The molecule has 0 aromatic heterocycles. The number of ether oxygens (including phenoxy) is 1. The standard InChI is InChI=1S/C22H17Cl2NO4/c23-13-3-8-16(17(24)10-13)22(28)29-15-6-4-14(5-7-15)25-20(26)18-11-1-2-12(9-11)19(18)21(25)27/h3-8,10-12,18-19H,1-2,9H2/t11-,12-,18-,19-/m0/s1. The van der Waals surface area contributed by atoms with Gasteiger partial charge < -0.3 is 4.74 Å². The Morgan fingerprint density at radius 1 is 0.931 bits per heavy atom. The van der Waals surface area contributed by atoms with E-state index in [0.717, 1.165) is 19.3 Å². The number of imide groups is 1. The Labute approximate surface area is 177 Å². The van der Waals surface area contributed by atoms with Crippen molar-refractivity contribution in [3.05, 3.63) is 58.1 Å². The second kappa shape index (κ2) is 6.85. The van der Waals surface area contributed by atoms with Crippen LogP contribution in [0.25, 0.3) is 0 Å². The van der Waals surface area contributed by atoms with Crippen molar-refractivity contribution in [2.45, 2.75) is 19.3 Å². The van der Waals surface area contributed by atoms with Gasteiger partial charge in [-0.1, -0.05) is 23.2 Å². The van der Waals surface area contributed by atoms with Crippen LogP contribution in [0.15, 0.2) is 42.5 Å². The molecular formula is C22H17Cl2NO4. The smallest absolute Gasteiger partial charge is 0.345 e. The monoisotopic (exact) mass is 429 g/mol. The normalized spacial score (nSPS) is 27.4. The van der Waals surface area contributed by atoms with Crippen molar-refractivity contribution < 1.29 is 19.1 Å². The summed E-state index contributed by atoms with van der Waals surface area (Å²) in [6, 6.07) is 10.9. The first-order valence-electron chi connectivity index (χ1n) is 9.59. The third-order valence-electron chi connectivity index (χ3n) is 6.38. The zero-order chi connectivity index (χ0) is 20.3. The first-order valence-corrected chi connectivity index (χ1v) is 10.3. The van der Waals surface area contributed by atoms with E-state index in [-0.39, 0.29) is 34.2 Å². The van der Waals surface area contributed by atoms with Gasteiger partial charge in [-0.25, -0.2) is 4.79 Å². The quantitative estimate of drug-likeness (QED) is 0.401. The Bertz CT molecular complexity index is 1010. The van der Waals surface area contributed by atoms with Crippen LogP contribution >= 0.6 is 23.2 Å². The Morgan fingerprint density at radius 3 is 2.14 bits per heavy atom. The van der Waals surface area contributed by atoms with Crippen LogP contribution in [0.3, 0.4) is 0 Å². The molecule has 29 heavy (non-hydrogen) atoms. The zero-order valence-corrected chi connectivity index (χ0v) is 16.8. The SMILES string of the molecule is O=C(Oc1ccc(N2C(=O)[C@H]3[C@H]4CC[C@@H](C4)[C@@H]3C2=O)cc1)c1ccc(Cl)cc1Cl. The van der Waals surface area contributed by atoms with E-state index in [2.05, 4.69) is 0 Å². The van der Waals surface area contributed by atoms with Gasteiger partial charge in [0.25, 0.3) is 0 Å². The van der Waals surface area contributed by atoms with Crippen LogP contribution in [-0.2, 0) is 9.59 Å². The summed E-state index contributed by atoms with van der Waals surface area (Å²) < 4.78 is 5.36. The molecule has 4 atom stereocenters. The number of carbonyl (C=O) groups excluding carboxylic acids is 3. The summed E-state index contributed by atoms with van der Waals surface area (Å²) in [5.74, 6) is -0.138. The van der Waals surface area contributed by atoms with Gasteiger partial charge >= 0.3 is 5.97 Å². The maximum atomic E-state index is 12.9. The van der Waals surface area contributed by atoms with Crippen molar-refractivity contribution in [1.29, 1.82) is 0 Å². The number of anilines is 1. The van der Waals surface area contributed by atoms with Gasteiger partial charge in [0.1, 0.15) is 5.75 Å². The Balaban J connectivity index is 1.34. The van der Waals surface area contributed by atoms with Gasteiger partial charge in [0.15, 0.2) is 0 Å². The summed E-state index contributed by atoms with van der Waals surface area (Å²) >= 11 is 11.9. The average Bonchev–Trinajstić information content (AvgIpc) is 3.36. The minimum Gasteiger partial charge on any atom is -0.423 e. The second-order valence-electron chi connectivity index (χ2n) is 7.90. The number of fused-ring (bicyclic) bond motifs is 5. The van der Waals surface area contributed by atoms with E-state index in [0.29, 0.717) is 28.3 Å². The van der Waals surface area contributed by atoms with E-state index < -0.39 is 5.97 Å². The number of esters is 1. The molecule has 5 rings (SSSR count). The molecule has 0 unspecified atom stereocenters. The van der Waals surface area contributed by atoms with E-state index >= 15 is 0 Å². The third-order valence-corrected chi connectivity index (χ3v) is 6.93. The molecule has 2 aromatic rings. The summed E-state index contributed by atoms with van der Waals surface area (Å²) in [5.41, 5.74) is 0.714. The highest BCUT2D eigenvalue weighted by molar-refractivity contribution is 6.36. The van der Waals surface area contributed by atoms with Crippen LogP contribution in [0, 0.1) is 23.7 Å². The Morgan fingerprint density at radius 2 is 1.55 bits per heavy atom. The van der Waals surface area contributed by atoms with Crippen LogP contribution in [-0.4, -0.2) is 17.8 Å². The van der Waals surface area contributed by atoms with Crippen molar-refractivity contribution >= 4 is 46.7 Å². The topological polar surface area (TPSA) is 63.7 Å². The molecule has 0 N–H and O–H groups in total. The van der Waals surface area contributed by atoms with Crippen molar-refractivity contribution in [1.82, 2.24) is 0 Å². The summed E-state index contributed by atoms with van der Waals surface area (Å²) in [5, 5.41) is 0.627. The number of halogens is 2. The minimum absolute atomic E-state index is 0.0927. The molecule has 3 fully saturated rings. The molecule has 1 aliphatic heterocycles. The molecule has 2 saturated carbocycles. The van der Waals surface area contributed by atoms with Crippen LogP contribution < -0.4 is 9.64 Å². The zero-order valence-electron chi connectivity index (χ0n) is 15.3. The van der Waals surface area contributed by atoms with Crippen molar-refractivity contribution in [2.75, 3.05) is 4.90 Å².